The second-order valence-electron chi connectivity index (χ2n) is 8.53. The maximum absolute atomic E-state index is 12.1. The third-order valence-corrected chi connectivity index (χ3v) is 7.15. The highest BCUT2D eigenvalue weighted by molar-refractivity contribution is 7.47. The highest BCUT2D eigenvalue weighted by Gasteiger charge is 2.25. The minimum absolute atomic E-state index is 0.115. The Balaban J connectivity index is 1.52. The van der Waals surface area contributed by atoms with E-state index in [2.05, 4.69) is 14.2 Å². The van der Waals surface area contributed by atoms with Gasteiger partial charge in [0.2, 0.25) is 19.3 Å². The molecule has 2 aromatic carbocycles. The Labute approximate surface area is 240 Å². The lowest BCUT2D eigenvalue weighted by molar-refractivity contribution is -0.0258. The van der Waals surface area contributed by atoms with Crippen molar-refractivity contribution in [2.24, 2.45) is 0 Å². The van der Waals surface area contributed by atoms with Crippen LogP contribution in [-0.4, -0.2) is 54.9 Å². The molecule has 0 amide bonds. The van der Waals surface area contributed by atoms with Crippen molar-refractivity contribution in [3.05, 3.63) is 60.0 Å². The van der Waals surface area contributed by atoms with E-state index < -0.39 is 33.7 Å². The summed E-state index contributed by atoms with van der Waals surface area (Å²) < 4.78 is 47.4. The van der Waals surface area contributed by atoms with Crippen LogP contribution in [0.1, 0.15) is 13.8 Å². The van der Waals surface area contributed by atoms with Gasteiger partial charge in [-0.25, -0.2) is 23.4 Å². The van der Waals surface area contributed by atoms with E-state index in [0.29, 0.717) is 11.4 Å². The van der Waals surface area contributed by atoms with Gasteiger partial charge in [0.25, 0.3) is 0 Å². The fourth-order valence-electron chi connectivity index (χ4n) is 3.63. The number of hydrogen-bond donors (Lipinski definition) is 2. The monoisotopic (exact) mass is 604 g/mol. The normalized spacial score (nSPS) is 12.5. The van der Waals surface area contributed by atoms with Gasteiger partial charge in [-0.1, -0.05) is 36.4 Å². The first-order chi connectivity index (χ1) is 19.7. The number of H-pyrrole nitrogens is 1. The van der Waals surface area contributed by atoms with Crippen molar-refractivity contribution in [2.75, 3.05) is 27.8 Å². The van der Waals surface area contributed by atoms with Crippen LogP contribution in [0.2, 0.25) is 0 Å². The smallest absolute Gasteiger partial charge is 0.493 e. The minimum Gasteiger partial charge on any atom is -0.493 e. The molecule has 1 atom stereocenters. The van der Waals surface area contributed by atoms with E-state index in [1.807, 2.05) is 47.8 Å². The summed E-state index contributed by atoms with van der Waals surface area (Å²) in [6, 6.07) is 17.2. The SMILES string of the molecule is COc1cc(-c2nc(-c3ccccc3)c(-c3cccs3)[nH]2)cc(OC)c1OCOP(=O)(O)OCOC(=O)OC(C)C. The molecule has 0 radical (unpaired) electrons. The highest BCUT2D eigenvalue weighted by atomic mass is 32.1. The molecule has 1 unspecified atom stereocenters. The lowest BCUT2D eigenvalue weighted by atomic mass is 10.1. The van der Waals surface area contributed by atoms with Crippen molar-refractivity contribution in [2.45, 2.75) is 20.0 Å². The molecule has 0 saturated carbocycles. The Morgan fingerprint density at radius 2 is 1.68 bits per heavy atom. The van der Waals surface area contributed by atoms with E-state index in [-0.39, 0.29) is 17.2 Å². The summed E-state index contributed by atoms with van der Waals surface area (Å²) in [7, 11) is -1.76. The Hall–Kier alpha value is -3.87. The maximum Gasteiger partial charge on any atom is 0.510 e. The van der Waals surface area contributed by atoms with E-state index >= 15 is 0 Å². The van der Waals surface area contributed by atoms with E-state index in [1.54, 1.807) is 37.3 Å². The molecule has 14 heteroatoms. The third kappa shape index (κ3) is 7.87. The zero-order valence-corrected chi connectivity index (χ0v) is 24.4. The fraction of sp³-hybridized carbons (Fsp3) is 0.259. The van der Waals surface area contributed by atoms with E-state index in [4.69, 9.17) is 28.5 Å². The Bertz CT molecular complexity index is 1470. The Morgan fingerprint density at radius 3 is 2.29 bits per heavy atom. The summed E-state index contributed by atoms with van der Waals surface area (Å²) in [6.07, 6.45) is -1.48. The number of benzene rings is 2. The second kappa shape index (κ2) is 13.7. The zero-order valence-electron chi connectivity index (χ0n) is 22.7. The summed E-state index contributed by atoms with van der Waals surface area (Å²) in [5, 5.41) is 2.00. The first kappa shape index (κ1) is 30.1. The molecule has 218 valence electrons. The number of ether oxygens (including phenoxy) is 5. The molecule has 41 heavy (non-hydrogen) atoms. The predicted octanol–water partition coefficient (Wildman–Crippen LogP) is 6.48. The van der Waals surface area contributed by atoms with Crippen LogP contribution >= 0.6 is 19.2 Å². The molecule has 0 spiro atoms. The number of carbonyl (C=O) groups excluding carboxylic acids is 1. The number of phosphoric ester groups is 1. The maximum atomic E-state index is 12.1. The van der Waals surface area contributed by atoms with Gasteiger partial charge in [-0.2, -0.15) is 0 Å². The van der Waals surface area contributed by atoms with Gasteiger partial charge in [0.15, 0.2) is 11.5 Å². The van der Waals surface area contributed by atoms with Gasteiger partial charge in [0, 0.05) is 11.1 Å². The molecule has 0 bridgehead atoms. The molecular formula is C27H29N2O10PS. The third-order valence-electron chi connectivity index (χ3n) is 5.40. The van der Waals surface area contributed by atoms with Crippen LogP contribution in [0.15, 0.2) is 60.0 Å². The van der Waals surface area contributed by atoms with Gasteiger partial charge < -0.3 is 33.6 Å². The zero-order chi connectivity index (χ0) is 29.4. The molecule has 0 aliphatic heterocycles. The predicted molar refractivity (Wildman–Crippen MR) is 151 cm³/mol. The molecule has 0 aliphatic carbocycles. The number of nitrogens with zero attached hydrogens (tertiary/aromatic N) is 1. The molecule has 2 heterocycles. The average Bonchev–Trinajstić information content (AvgIpc) is 3.63. The van der Waals surface area contributed by atoms with E-state index in [1.165, 1.54) is 14.2 Å². The molecule has 2 N–H and O–H groups in total. The number of rotatable bonds is 13. The van der Waals surface area contributed by atoms with E-state index in [9.17, 15) is 14.3 Å². The largest absolute Gasteiger partial charge is 0.510 e. The number of phosphoric acid groups is 1. The average molecular weight is 605 g/mol. The van der Waals surface area contributed by atoms with Crippen molar-refractivity contribution in [3.8, 4) is 50.5 Å². The molecule has 0 aliphatic rings. The lowest BCUT2D eigenvalue weighted by Crippen LogP contribution is -2.15. The van der Waals surface area contributed by atoms with Gasteiger partial charge in [0.1, 0.15) is 5.82 Å². The minimum atomic E-state index is -4.63. The van der Waals surface area contributed by atoms with Crippen molar-refractivity contribution in [1.29, 1.82) is 0 Å². The summed E-state index contributed by atoms with van der Waals surface area (Å²) in [4.78, 5) is 30.5. The van der Waals surface area contributed by atoms with Gasteiger partial charge in [-0.15, -0.1) is 11.3 Å². The van der Waals surface area contributed by atoms with Crippen molar-refractivity contribution in [1.82, 2.24) is 9.97 Å². The molecule has 2 aromatic heterocycles. The number of thiophene rings is 1. The van der Waals surface area contributed by atoms with Crippen LogP contribution in [0.25, 0.3) is 33.2 Å². The summed E-state index contributed by atoms with van der Waals surface area (Å²) in [6.45, 7) is 1.67. The molecule has 0 fully saturated rings. The number of aromatic amines is 1. The van der Waals surface area contributed by atoms with E-state index in [0.717, 1.165) is 21.8 Å². The standard InChI is InChI=1S/C27H29N2O10PS/c1-17(2)39-27(30)36-16-38-40(31,32)37-15-35-25-20(33-3)13-19(14-21(25)34-4)26-28-23(18-9-6-5-7-10-18)24(29-26)22-11-8-12-41-22/h5-14,17H,15-16H2,1-4H3,(H,28,29)(H,31,32). The van der Waals surface area contributed by atoms with Gasteiger partial charge in [0.05, 0.1) is 36.6 Å². The van der Waals surface area contributed by atoms with Crippen molar-refractivity contribution >= 4 is 25.3 Å². The van der Waals surface area contributed by atoms with Crippen LogP contribution in [0.4, 0.5) is 4.79 Å². The van der Waals surface area contributed by atoms with Crippen LogP contribution in [0.5, 0.6) is 17.2 Å². The number of methoxy groups -OCH3 is 2. The summed E-state index contributed by atoms with van der Waals surface area (Å²) >= 11 is 1.59. The highest BCUT2D eigenvalue weighted by Crippen LogP contribution is 2.45. The molecular weight excluding hydrogens is 575 g/mol. The van der Waals surface area contributed by atoms with Crippen LogP contribution < -0.4 is 14.2 Å². The quantitative estimate of drug-likeness (QED) is 0.0981. The molecule has 4 aromatic rings. The molecule has 4 rings (SSSR count). The van der Waals surface area contributed by atoms with Crippen LogP contribution in [-0.2, 0) is 23.1 Å². The number of hydrogen-bond acceptors (Lipinski definition) is 11. The van der Waals surface area contributed by atoms with Crippen molar-refractivity contribution in [3.63, 3.8) is 0 Å². The van der Waals surface area contributed by atoms with Gasteiger partial charge in [-0.3, -0.25) is 0 Å². The second-order valence-corrected chi connectivity index (χ2v) is 10.9. The topological polar surface area (TPSA) is 148 Å². The summed E-state index contributed by atoms with van der Waals surface area (Å²) in [5.74, 6) is 1.19. The fourth-order valence-corrected chi connectivity index (χ4v) is 4.80. The van der Waals surface area contributed by atoms with Crippen molar-refractivity contribution < 1.29 is 47.0 Å². The van der Waals surface area contributed by atoms with Gasteiger partial charge >= 0.3 is 14.0 Å². The number of aromatic nitrogens is 2. The Morgan fingerprint density at radius 1 is 1.00 bits per heavy atom. The van der Waals surface area contributed by atoms with Gasteiger partial charge in [-0.05, 0) is 37.4 Å². The lowest BCUT2D eigenvalue weighted by Gasteiger charge is -2.17. The first-order valence-electron chi connectivity index (χ1n) is 12.2. The molecule has 0 saturated heterocycles. The summed E-state index contributed by atoms with van der Waals surface area (Å²) in [5.41, 5.74) is 3.25. The Kier molecular flexibility index (Phi) is 10.0. The van der Waals surface area contributed by atoms with Crippen LogP contribution in [0.3, 0.4) is 0 Å². The number of imidazole rings is 1. The molecule has 12 nitrogen and oxygen atoms in total. The van der Waals surface area contributed by atoms with Crippen LogP contribution in [0, 0.1) is 0 Å². The number of carbonyl (C=O) groups is 1. The number of nitrogens with one attached hydrogen (secondary N) is 1. The first-order valence-corrected chi connectivity index (χ1v) is 14.6.